The molecule has 0 aromatic heterocycles. The van der Waals surface area contributed by atoms with Crippen LogP contribution in [0.4, 0.5) is 5.69 Å². The van der Waals surface area contributed by atoms with Gasteiger partial charge in [0.15, 0.2) is 0 Å². The van der Waals surface area contributed by atoms with Gasteiger partial charge in [-0.05, 0) is 54.8 Å². The maximum absolute atomic E-state index is 13.2. The Morgan fingerprint density at radius 2 is 1.86 bits per heavy atom. The van der Waals surface area contributed by atoms with Gasteiger partial charge in [-0.25, -0.2) is 8.42 Å². The van der Waals surface area contributed by atoms with Crippen LogP contribution in [0.25, 0.3) is 0 Å². The molecule has 28 heavy (non-hydrogen) atoms. The second kappa shape index (κ2) is 9.80. The summed E-state index contributed by atoms with van der Waals surface area (Å²) in [6, 6.07) is 12.4. The predicted molar refractivity (Wildman–Crippen MR) is 111 cm³/mol. The fourth-order valence-electron chi connectivity index (χ4n) is 2.51. The minimum absolute atomic E-state index is 0.0586. The highest BCUT2D eigenvalue weighted by Gasteiger charge is 2.27. The Kier molecular flexibility index (Phi) is 7.71. The van der Waals surface area contributed by atoms with Crippen LogP contribution in [-0.2, 0) is 14.8 Å². The molecule has 0 fully saturated rings. The molecule has 6 nitrogen and oxygen atoms in total. The van der Waals surface area contributed by atoms with Crippen molar-refractivity contribution >= 4 is 33.2 Å². The van der Waals surface area contributed by atoms with Crippen LogP contribution in [0.1, 0.15) is 20.3 Å². The highest BCUT2D eigenvalue weighted by atomic mass is 35.5. The zero-order valence-electron chi connectivity index (χ0n) is 16.2. The first kappa shape index (κ1) is 22.0. The number of hydrogen-bond acceptors (Lipinski definition) is 4. The molecule has 0 radical (unpaired) electrons. The second-order valence-electron chi connectivity index (χ2n) is 6.70. The number of carbonyl (C=O) groups excluding carboxylic acids is 1. The molecule has 2 aromatic rings. The zero-order valence-corrected chi connectivity index (χ0v) is 17.8. The van der Waals surface area contributed by atoms with Crippen LogP contribution >= 0.6 is 11.6 Å². The summed E-state index contributed by atoms with van der Waals surface area (Å²) < 4.78 is 32.6. The van der Waals surface area contributed by atoms with Gasteiger partial charge in [0.25, 0.3) is 10.0 Å². The summed E-state index contributed by atoms with van der Waals surface area (Å²) in [5.74, 6) is 0.602. The van der Waals surface area contributed by atoms with Gasteiger partial charge in [-0.1, -0.05) is 31.5 Å². The van der Waals surface area contributed by atoms with Crippen LogP contribution in [0.15, 0.2) is 53.4 Å². The standard InChI is InChI=1S/C20H25ClN2O4S/c1-15(2)11-12-22-20(24)14-23(17-6-4-5-16(21)13-17)28(25,26)19-9-7-18(27-3)8-10-19/h4-10,13,15H,11-12,14H2,1-3H3,(H,22,24). The van der Waals surface area contributed by atoms with Gasteiger partial charge in [-0.2, -0.15) is 0 Å². The van der Waals surface area contributed by atoms with Crippen molar-refractivity contribution in [2.45, 2.75) is 25.2 Å². The van der Waals surface area contributed by atoms with Crippen LogP contribution < -0.4 is 14.4 Å². The third-order valence-electron chi connectivity index (χ3n) is 4.07. The van der Waals surface area contributed by atoms with Crippen molar-refractivity contribution in [1.82, 2.24) is 5.32 Å². The molecule has 0 spiro atoms. The van der Waals surface area contributed by atoms with E-state index in [9.17, 15) is 13.2 Å². The molecule has 0 atom stereocenters. The van der Waals surface area contributed by atoms with Crippen LogP contribution in [0.3, 0.4) is 0 Å². The number of nitrogens with one attached hydrogen (secondary N) is 1. The smallest absolute Gasteiger partial charge is 0.264 e. The van der Waals surface area contributed by atoms with Crippen LogP contribution in [0, 0.1) is 5.92 Å². The van der Waals surface area contributed by atoms with Crippen molar-refractivity contribution in [3.63, 3.8) is 0 Å². The van der Waals surface area contributed by atoms with Crippen LogP contribution in [-0.4, -0.2) is 34.5 Å². The van der Waals surface area contributed by atoms with E-state index in [1.165, 1.54) is 25.3 Å². The van der Waals surface area contributed by atoms with Gasteiger partial charge in [-0.3, -0.25) is 9.10 Å². The second-order valence-corrected chi connectivity index (χ2v) is 9.00. The third kappa shape index (κ3) is 5.87. The van der Waals surface area contributed by atoms with Gasteiger partial charge in [0.05, 0.1) is 17.7 Å². The number of anilines is 1. The van der Waals surface area contributed by atoms with Gasteiger partial charge in [0.2, 0.25) is 5.91 Å². The normalized spacial score (nSPS) is 11.3. The van der Waals surface area contributed by atoms with Gasteiger partial charge in [-0.15, -0.1) is 0 Å². The Morgan fingerprint density at radius 3 is 2.43 bits per heavy atom. The lowest BCUT2D eigenvalue weighted by Crippen LogP contribution is -2.41. The molecule has 0 unspecified atom stereocenters. The van der Waals surface area contributed by atoms with Crippen molar-refractivity contribution in [2.75, 3.05) is 24.5 Å². The molecule has 2 rings (SSSR count). The van der Waals surface area contributed by atoms with Crippen molar-refractivity contribution in [2.24, 2.45) is 5.92 Å². The van der Waals surface area contributed by atoms with Crippen molar-refractivity contribution < 1.29 is 17.9 Å². The molecule has 0 heterocycles. The Balaban J connectivity index is 2.32. The minimum Gasteiger partial charge on any atom is -0.497 e. The summed E-state index contributed by atoms with van der Waals surface area (Å²) in [7, 11) is -2.47. The Bertz CT molecular complexity index is 899. The number of methoxy groups -OCH3 is 1. The summed E-state index contributed by atoms with van der Waals surface area (Å²) in [5, 5.41) is 3.15. The number of ether oxygens (including phenoxy) is 1. The van der Waals surface area contributed by atoms with Crippen molar-refractivity contribution in [3.05, 3.63) is 53.6 Å². The van der Waals surface area contributed by atoms with Gasteiger partial charge in [0.1, 0.15) is 12.3 Å². The molecular formula is C20H25ClN2O4S. The number of amides is 1. The van der Waals surface area contributed by atoms with E-state index in [0.717, 1.165) is 10.7 Å². The summed E-state index contributed by atoms with van der Waals surface area (Å²) in [5.41, 5.74) is 0.322. The first-order valence-electron chi connectivity index (χ1n) is 8.93. The Labute approximate surface area is 171 Å². The summed E-state index contributed by atoms with van der Waals surface area (Å²) in [4.78, 5) is 12.5. The number of rotatable bonds is 9. The van der Waals surface area contributed by atoms with Crippen LogP contribution in [0.5, 0.6) is 5.75 Å². The monoisotopic (exact) mass is 424 g/mol. The summed E-state index contributed by atoms with van der Waals surface area (Å²) in [6.45, 7) is 4.26. The predicted octanol–water partition coefficient (Wildman–Crippen LogP) is 3.71. The van der Waals surface area contributed by atoms with E-state index in [1.807, 2.05) is 0 Å². The first-order chi connectivity index (χ1) is 13.2. The van der Waals surface area contributed by atoms with E-state index in [2.05, 4.69) is 19.2 Å². The third-order valence-corrected chi connectivity index (χ3v) is 6.10. The highest BCUT2D eigenvalue weighted by Crippen LogP contribution is 2.27. The lowest BCUT2D eigenvalue weighted by Gasteiger charge is -2.24. The first-order valence-corrected chi connectivity index (χ1v) is 10.7. The molecule has 152 valence electrons. The molecule has 1 amide bonds. The molecule has 0 saturated carbocycles. The average molecular weight is 425 g/mol. The Morgan fingerprint density at radius 1 is 1.18 bits per heavy atom. The fraction of sp³-hybridized carbons (Fsp3) is 0.350. The van der Waals surface area contributed by atoms with E-state index >= 15 is 0 Å². The number of benzene rings is 2. The SMILES string of the molecule is COc1ccc(S(=O)(=O)N(CC(=O)NCCC(C)C)c2cccc(Cl)c2)cc1. The van der Waals surface area contributed by atoms with Gasteiger partial charge >= 0.3 is 0 Å². The lowest BCUT2D eigenvalue weighted by atomic mass is 10.1. The van der Waals surface area contributed by atoms with Crippen LogP contribution in [0.2, 0.25) is 5.02 Å². The zero-order chi connectivity index (χ0) is 20.7. The van der Waals surface area contributed by atoms with Crippen molar-refractivity contribution in [1.29, 1.82) is 0 Å². The van der Waals surface area contributed by atoms with Crippen molar-refractivity contribution in [3.8, 4) is 5.75 Å². The number of sulfonamides is 1. The maximum atomic E-state index is 13.2. The molecule has 0 saturated heterocycles. The number of hydrogen-bond donors (Lipinski definition) is 1. The van der Waals surface area contributed by atoms with E-state index < -0.39 is 10.0 Å². The van der Waals surface area contributed by atoms with E-state index in [-0.39, 0.29) is 17.3 Å². The largest absolute Gasteiger partial charge is 0.497 e. The molecular weight excluding hydrogens is 400 g/mol. The average Bonchev–Trinajstić information content (AvgIpc) is 2.65. The topological polar surface area (TPSA) is 75.7 Å². The molecule has 0 aliphatic rings. The molecule has 0 bridgehead atoms. The lowest BCUT2D eigenvalue weighted by molar-refractivity contribution is -0.119. The van der Waals surface area contributed by atoms with Gasteiger partial charge in [0, 0.05) is 11.6 Å². The summed E-state index contributed by atoms with van der Waals surface area (Å²) in [6.07, 6.45) is 0.814. The molecule has 1 N–H and O–H groups in total. The number of carbonyl (C=O) groups is 1. The van der Waals surface area contributed by atoms with Gasteiger partial charge < -0.3 is 10.1 Å². The molecule has 8 heteroatoms. The van der Waals surface area contributed by atoms with E-state index in [4.69, 9.17) is 16.3 Å². The number of halogens is 1. The van der Waals surface area contributed by atoms with E-state index in [1.54, 1.807) is 30.3 Å². The molecule has 0 aliphatic carbocycles. The fourth-order valence-corrected chi connectivity index (χ4v) is 4.11. The summed E-state index contributed by atoms with van der Waals surface area (Å²) >= 11 is 6.04. The molecule has 0 aliphatic heterocycles. The molecule has 2 aromatic carbocycles. The minimum atomic E-state index is -3.97. The number of nitrogens with zero attached hydrogens (tertiary/aromatic N) is 1. The quantitative estimate of drug-likeness (QED) is 0.665. The van der Waals surface area contributed by atoms with E-state index in [0.29, 0.717) is 28.9 Å². The Hall–Kier alpha value is -2.25. The maximum Gasteiger partial charge on any atom is 0.264 e. The highest BCUT2D eigenvalue weighted by molar-refractivity contribution is 7.92.